The number of nitrogens with zero attached hydrogens (tertiary/aromatic N) is 1. The van der Waals surface area contributed by atoms with E-state index in [1.807, 2.05) is 6.92 Å². The lowest BCUT2D eigenvalue weighted by Crippen LogP contribution is -2.47. The van der Waals surface area contributed by atoms with Gasteiger partial charge < -0.3 is 9.64 Å². The average Bonchev–Trinajstić information content (AvgIpc) is 2.44. The molecule has 1 saturated heterocycles. The van der Waals surface area contributed by atoms with E-state index in [9.17, 15) is 18.0 Å². The zero-order chi connectivity index (χ0) is 15.9. The first kappa shape index (κ1) is 17.9. The second kappa shape index (κ2) is 8.33. The number of likely N-dealkylation sites (tertiary alicyclic amines) is 1. The fourth-order valence-electron chi connectivity index (χ4n) is 2.30. The number of carbonyl (C=O) groups excluding carboxylic acids is 2. The predicted octanol–water partition coefficient (Wildman–Crippen LogP) is 0.260. The molecule has 1 fully saturated rings. The molecule has 21 heavy (non-hydrogen) atoms. The summed E-state index contributed by atoms with van der Waals surface area (Å²) >= 11 is 0. The molecule has 0 aromatic rings. The van der Waals surface area contributed by atoms with Crippen LogP contribution in [-0.4, -0.2) is 57.2 Å². The normalized spacial score (nSPS) is 16.8. The van der Waals surface area contributed by atoms with Gasteiger partial charge in [0.2, 0.25) is 15.9 Å². The molecule has 7 nitrogen and oxygen atoms in total. The highest BCUT2D eigenvalue weighted by Crippen LogP contribution is 2.13. The van der Waals surface area contributed by atoms with Crippen LogP contribution >= 0.6 is 0 Å². The van der Waals surface area contributed by atoms with Gasteiger partial charge in [-0.15, -0.1) is 0 Å². The molecule has 0 spiro atoms. The first-order valence-corrected chi connectivity index (χ1v) is 8.87. The molecule has 0 atom stereocenters. The van der Waals surface area contributed by atoms with E-state index in [1.165, 1.54) is 7.11 Å². The smallest absolute Gasteiger partial charge is 0.306 e. The third-order valence-electron chi connectivity index (χ3n) is 3.44. The fraction of sp³-hybridized carbons (Fsp3) is 0.846. The summed E-state index contributed by atoms with van der Waals surface area (Å²) in [6, 6.07) is -0.105. The van der Waals surface area contributed by atoms with E-state index in [-0.39, 0.29) is 30.5 Å². The maximum absolute atomic E-state index is 11.9. The Hall–Kier alpha value is -1.15. The topological polar surface area (TPSA) is 92.8 Å². The molecule has 1 aliphatic rings. The molecule has 1 heterocycles. The Kier molecular flexibility index (Phi) is 7.10. The van der Waals surface area contributed by atoms with Crippen molar-refractivity contribution >= 4 is 21.9 Å². The number of ether oxygens (including phenoxy) is 1. The zero-order valence-electron chi connectivity index (χ0n) is 12.6. The fourth-order valence-corrected chi connectivity index (χ4v) is 3.70. The van der Waals surface area contributed by atoms with Crippen LogP contribution in [0.4, 0.5) is 0 Å². The van der Waals surface area contributed by atoms with Crippen LogP contribution in [0.3, 0.4) is 0 Å². The molecule has 1 N–H and O–H groups in total. The van der Waals surface area contributed by atoms with Gasteiger partial charge in [-0.3, -0.25) is 9.59 Å². The summed E-state index contributed by atoms with van der Waals surface area (Å²) in [7, 11) is -1.92. The summed E-state index contributed by atoms with van der Waals surface area (Å²) in [5.74, 6) is -0.355. The van der Waals surface area contributed by atoms with Crippen molar-refractivity contribution in [3.05, 3.63) is 0 Å². The highest BCUT2D eigenvalue weighted by molar-refractivity contribution is 7.89. The van der Waals surface area contributed by atoms with Crippen molar-refractivity contribution in [3.8, 4) is 0 Å². The predicted molar refractivity (Wildman–Crippen MR) is 78.1 cm³/mol. The van der Waals surface area contributed by atoms with Crippen LogP contribution in [-0.2, 0) is 24.3 Å². The van der Waals surface area contributed by atoms with Crippen molar-refractivity contribution in [3.63, 3.8) is 0 Å². The zero-order valence-corrected chi connectivity index (χ0v) is 13.4. The van der Waals surface area contributed by atoms with E-state index in [4.69, 9.17) is 0 Å². The van der Waals surface area contributed by atoms with E-state index in [0.29, 0.717) is 32.4 Å². The van der Waals surface area contributed by atoms with Gasteiger partial charge >= 0.3 is 5.97 Å². The number of hydrogen-bond donors (Lipinski definition) is 1. The number of nitrogens with one attached hydrogen (secondary N) is 1. The molecule has 0 aromatic heterocycles. The lowest BCUT2D eigenvalue weighted by molar-refractivity contribution is -0.143. The van der Waals surface area contributed by atoms with Gasteiger partial charge in [-0.2, -0.15) is 0 Å². The standard InChI is InChI=1S/C13H24N2O5S/c1-3-10-21(18,19)14-11-6-8-15(9-7-11)12(16)4-5-13(17)20-2/h11,14H,3-10H2,1-2H3. The Morgan fingerprint density at radius 1 is 1.24 bits per heavy atom. The minimum atomic E-state index is -3.21. The quantitative estimate of drug-likeness (QED) is 0.679. The van der Waals surface area contributed by atoms with Gasteiger partial charge in [-0.25, -0.2) is 13.1 Å². The Bertz CT molecular complexity index is 455. The molecule has 8 heteroatoms. The number of esters is 1. The number of methoxy groups -OCH3 is 1. The van der Waals surface area contributed by atoms with Gasteiger partial charge in [0.25, 0.3) is 0 Å². The van der Waals surface area contributed by atoms with Gasteiger partial charge in [0.05, 0.1) is 19.3 Å². The highest BCUT2D eigenvalue weighted by atomic mass is 32.2. The van der Waals surface area contributed by atoms with Gasteiger partial charge in [-0.1, -0.05) is 6.92 Å². The minimum Gasteiger partial charge on any atom is -0.469 e. The molecule has 0 aromatic carbocycles. The van der Waals surface area contributed by atoms with E-state index in [2.05, 4.69) is 9.46 Å². The molecule has 0 saturated carbocycles. The second-order valence-electron chi connectivity index (χ2n) is 5.17. The van der Waals surface area contributed by atoms with E-state index >= 15 is 0 Å². The van der Waals surface area contributed by atoms with Crippen molar-refractivity contribution in [2.75, 3.05) is 26.0 Å². The average molecular weight is 320 g/mol. The van der Waals surface area contributed by atoms with Crippen LogP contribution in [0, 0.1) is 0 Å². The van der Waals surface area contributed by atoms with Gasteiger partial charge in [0, 0.05) is 25.6 Å². The lowest BCUT2D eigenvalue weighted by atomic mass is 10.1. The molecule has 0 bridgehead atoms. The molecule has 1 rings (SSSR count). The molecule has 1 aliphatic heterocycles. The molecular formula is C13H24N2O5S. The van der Waals surface area contributed by atoms with E-state index in [1.54, 1.807) is 4.90 Å². The van der Waals surface area contributed by atoms with E-state index in [0.717, 1.165) is 0 Å². The SMILES string of the molecule is CCCS(=O)(=O)NC1CCN(C(=O)CCC(=O)OC)CC1. The molecule has 0 unspecified atom stereocenters. The number of amides is 1. The van der Waals surface area contributed by atoms with Crippen molar-refractivity contribution in [1.29, 1.82) is 0 Å². The van der Waals surface area contributed by atoms with Crippen molar-refractivity contribution < 1.29 is 22.7 Å². The Morgan fingerprint density at radius 2 is 1.86 bits per heavy atom. The second-order valence-corrected chi connectivity index (χ2v) is 7.04. The maximum Gasteiger partial charge on any atom is 0.306 e. The first-order chi connectivity index (χ1) is 9.88. The summed E-state index contributed by atoms with van der Waals surface area (Å²) in [5.41, 5.74) is 0. The highest BCUT2D eigenvalue weighted by Gasteiger charge is 2.25. The number of piperidine rings is 1. The third-order valence-corrected chi connectivity index (χ3v) is 5.08. The first-order valence-electron chi connectivity index (χ1n) is 7.22. The Labute approximate surface area is 126 Å². The Balaban J connectivity index is 2.35. The molecule has 0 aliphatic carbocycles. The summed E-state index contributed by atoms with van der Waals surface area (Å²) in [6.45, 7) is 2.85. The summed E-state index contributed by atoms with van der Waals surface area (Å²) < 4.78 is 30.5. The number of rotatable bonds is 7. The maximum atomic E-state index is 11.9. The molecule has 122 valence electrons. The summed E-state index contributed by atoms with van der Waals surface area (Å²) in [6.07, 6.45) is 2.01. The third kappa shape index (κ3) is 6.43. The van der Waals surface area contributed by atoms with Crippen LogP contribution in [0.25, 0.3) is 0 Å². The lowest BCUT2D eigenvalue weighted by Gasteiger charge is -2.32. The number of sulfonamides is 1. The van der Waals surface area contributed by atoms with Crippen molar-refractivity contribution in [2.24, 2.45) is 0 Å². The van der Waals surface area contributed by atoms with Gasteiger partial charge in [-0.05, 0) is 19.3 Å². The van der Waals surface area contributed by atoms with Gasteiger partial charge in [0.15, 0.2) is 0 Å². The number of hydrogen-bond acceptors (Lipinski definition) is 5. The van der Waals surface area contributed by atoms with E-state index < -0.39 is 16.0 Å². The van der Waals surface area contributed by atoms with Crippen LogP contribution in [0.15, 0.2) is 0 Å². The van der Waals surface area contributed by atoms with Crippen LogP contribution < -0.4 is 4.72 Å². The van der Waals surface area contributed by atoms with Crippen LogP contribution in [0.1, 0.15) is 39.0 Å². The van der Waals surface area contributed by atoms with Crippen molar-refractivity contribution in [2.45, 2.75) is 45.1 Å². The van der Waals surface area contributed by atoms with Crippen LogP contribution in [0.5, 0.6) is 0 Å². The summed E-state index contributed by atoms with van der Waals surface area (Å²) in [4.78, 5) is 24.6. The monoisotopic (exact) mass is 320 g/mol. The Morgan fingerprint density at radius 3 is 2.38 bits per heavy atom. The summed E-state index contributed by atoms with van der Waals surface area (Å²) in [5, 5.41) is 0. The molecule has 1 amide bonds. The van der Waals surface area contributed by atoms with Crippen molar-refractivity contribution in [1.82, 2.24) is 9.62 Å². The van der Waals surface area contributed by atoms with Crippen LogP contribution in [0.2, 0.25) is 0 Å². The van der Waals surface area contributed by atoms with Gasteiger partial charge in [0.1, 0.15) is 0 Å². The largest absolute Gasteiger partial charge is 0.469 e. The number of carbonyl (C=O) groups is 2. The molecule has 0 radical (unpaired) electrons. The molecular weight excluding hydrogens is 296 g/mol. The minimum absolute atomic E-state index is 0.0817.